The van der Waals surface area contributed by atoms with Gasteiger partial charge in [0.15, 0.2) is 0 Å². The van der Waals surface area contributed by atoms with Crippen LogP contribution in [0.1, 0.15) is 12.5 Å². The molecule has 2 heterocycles. The molecule has 0 atom stereocenters. The molecule has 0 bridgehead atoms. The highest BCUT2D eigenvalue weighted by Crippen LogP contribution is 2.26. The summed E-state index contributed by atoms with van der Waals surface area (Å²) in [6, 6.07) is 6.80. The van der Waals surface area contributed by atoms with Gasteiger partial charge in [-0.25, -0.2) is 0 Å². The molecular weight excluding hydrogens is 361 g/mol. The normalized spacial score (nSPS) is 11.4. The van der Waals surface area contributed by atoms with Crippen molar-refractivity contribution < 1.29 is 18.0 Å². The number of benzene rings is 1. The Kier molecular flexibility index (Phi) is 4.89. The fourth-order valence-corrected chi connectivity index (χ4v) is 2.52. The Morgan fingerprint density at radius 2 is 2.00 bits per heavy atom. The molecule has 3 rings (SSSR count). The summed E-state index contributed by atoms with van der Waals surface area (Å²) in [5, 5.41) is 8.43. The second-order valence-corrected chi connectivity index (χ2v) is 5.94. The summed E-state index contributed by atoms with van der Waals surface area (Å²) < 4.78 is 37.6. The molecule has 27 heavy (non-hydrogen) atoms. The van der Waals surface area contributed by atoms with Gasteiger partial charge in [0.2, 0.25) is 11.9 Å². The van der Waals surface area contributed by atoms with Crippen LogP contribution in [0.5, 0.6) is 0 Å². The van der Waals surface area contributed by atoms with Gasteiger partial charge in [0, 0.05) is 24.5 Å². The molecule has 1 aromatic carbocycles. The highest BCUT2D eigenvalue weighted by molar-refractivity contribution is 5.90. The van der Waals surface area contributed by atoms with Crippen LogP contribution in [-0.2, 0) is 4.79 Å². The van der Waals surface area contributed by atoms with E-state index in [0.717, 1.165) is 5.56 Å². The number of hydrogen-bond acceptors (Lipinski definition) is 5. The third-order valence-electron chi connectivity index (χ3n) is 3.67. The number of hydrogen-bond donors (Lipinski definition) is 4. The number of aromatic amines is 1. The largest absolute Gasteiger partial charge is 0.405 e. The van der Waals surface area contributed by atoms with E-state index in [1.54, 1.807) is 30.5 Å². The van der Waals surface area contributed by atoms with E-state index >= 15 is 0 Å². The van der Waals surface area contributed by atoms with Crippen LogP contribution in [0.15, 0.2) is 30.5 Å². The van der Waals surface area contributed by atoms with Crippen molar-refractivity contribution in [1.29, 1.82) is 0 Å². The van der Waals surface area contributed by atoms with E-state index in [1.165, 1.54) is 6.92 Å². The molecule has 2 aromatic heterocycles. The van der Waals surface area contributed by atoms with E-state index in [4.69, 9.17) is 0 Å². The molecule has 1 amide bonds. The Balaban J connectivity index is 1.86. The van der Waals surface area contributed by atoms with E-state index in [-0.39, 0.29) is 17.7 Å². The number of rotatable bonds is 5. The SMILES string of the molecule is CC(=O)Nc1ccc(Nc2nc(NCC(F)(F)F)c3cc[nH]c3n2)cc1C. The van der Waals surface area contributed by atoms with Crippen molar-refractivity contribution in [3.63, 3.8) is 0 Å². The average molecular weight is 378 g/mol. The molecule has 10 heteroatoms. The number of aromatic nitrogens is 3. The Bertz CT molecular complexity index is 982. The minimum atomic E-state index is -4.36. The van der Waals surface area contributed by atoms with Crippen molar-refractivity contribution in [3.8, 4) is 0 Å². The molecule has 3 aromatic rings. The van der Waals surface area contributed by atoms with Gasteiger partial charge in [0.25, 0.3) is 0 Å². The first-order chi connectivity index (χ1) is 12.7. The van der Waals surface area contributed by atoms with E-state index in [2.05, 4.69) is 30.9 Å². The highest BCUT2D eigenvalue weighted by atomic mass is 19.4. The van der Waals surface area contributed by atoms with Crippen molar-refractivity contribution in [2.75, 3.05) is 22.5 Å². The van der Waals surface area contributed by atoms with Crippen LogP contribution in [0.4, 0.5) is 36.3 Å². The lowest BCUT2D eigenvalue weighted by Crippen LogP contribution is -2.22. The lowest BCUT2D eigenvalue weighted by Gasteiger charge is -2.13. The third kappa shape index (κ3) is 4.66. The van der Waals surface area contributed by atoms with Gasteiger partial charge in [0.05, 0.1) is 5.39 Å². The number of aryl methyl sites for hydroxylation is 1. The summed E-state index contributed by atoms with van der Waals surface area (Å²) in [7, 11) is 0. The topological polar surface area (TPSA) is 94.7 Å². The summed E-state index contributed by atoms with van der Waals surface area (Å²) >= 11 is 0. The summed E-state index contributed by atoms with van der Waals surface area (Å²) in [6.07, 6.45) is -2.79. The maximum absolute atomic E-state index is 12.5. The van der Waals surface area contributed by atoms with E-state index in [1.807, 2.05) is 6.92 Å². The van der Waals surface area contributed by atoms with Crippen LogP contribution in [0.3, 0.4) is 0 Å². The maximum Gasteiger partial charge on any atom is 0.405 e. The van der Waals surface area contributed by atoms with Crippen LogP contribution in [-0.4, -0.2) is 33.6 Å². The zero-order valence-electron chi connectivity index (χ0n) is 14.5. The minimum absolute atomic E-state index is 0.0765. The number of alkyl halides is 3. The molecule has 0 radical (unpaired) electrons. The Morgan fingerprint density at radius 3 is 2.67 bits per heavy atom. The minimum Gasteiger partial charge on any atom is -0.360 e. The number of carbonyl (C=O) groups is 1. The van der Waals surface area contributed by atoms with Crippen molar-refractivity contribution >= 4 is 40.1 Å². The monoisotopic (exact) mass is 378 g/mol. The van der Waals surface area contributed by atoms with Gasteiger partial charge in [-0.2, -0.15) is 23.1 Å². The van der Waals surface area contributed by atoms with Gasteiger partial charge in [-0.15, -0.1) is 0 Å². The Morgan fingerprint density at radius 1 is 1.22 bits per heavy atom. The van der Waals surface area contributed by atoms with Crippen LogP contribution in [0.2, 0.25) is 0 Å². The molecule has 142 valence electrons. The maximum atomic E-state index is 12.5. The first-order valence-electron chi connectivity index (χ1n) is 8.02. The fraction of sp³-hybridized carbons (Fsp3) is 0.235. The molecule has 0 aliphatic heterocycles. The summed E-state index contributed by atoms with van der Waals surface area (Å²) in [5.41, 5.74) is 2.52. The van der Waals surface area contributed by atoms with E-state index < -0.39 is 12.7 Å². The summed E-state index contributed by atoms with van der Waals surface area (Å²) in [6.45, 7) is 2.04. The van der Waals surface area contributed by atoms with Gasteiger partial charge in [-0.3, -0.25) is 4.79 Å². The number of amides is 1. The smallest absolute Gasteiger partial charge is 0.360 e. The zero-order valence-corrected chi connectivity index (χ0v) is 14.5. The van der Waals surface area contributed by atoms with Crippen molar-refractivity contribution in [2.24, 2.45) is 0 Å². The van der Waals surface area contributed by atoms with Gasteiger partial charge in [-0.1, -0.05) is 0 Å². The van der Waals surface area contributed by atoms with Crippen molar-refractivity contribution in [3.05, 3.63) is 36.0 Å². The van der Waals surface area contributed by atoms with Crippen molar-refractivity contribution in [2.45, 2.75) is 20.0 Å². The average Bonchev–Trinajstić information content (AvgIpc) is 3.02. The van der Waals surface area contributed by atoms with Crippen LogP contribution in [0.25, 0.3) is 11.0 Å². The Labute approximate surface area is 152 Å². The molecule has 0 aliphatic carbocycles. The van der Waals surface area contributed by atoms with E-state index in [0.29, 0.717) is 22.4 Å². The highest BCUT2D eigenvalue weighted by Gasteiger charge is 2.27. The van der Waals surface area contributed by atoms with Gasteiger partial charge in [0.1, 0.15) is 18.0 Å². The first kappa shape index (κ1) is 18.5. The molecule has 0 unspecified atom stereocenters. The predicted molar refractivity (Wildman–Crippen MR) is 97.2 cm³/mol. The molecule has 0 spiro atoms. The molecule has 4 N–H and O–H groups in total. The molecule has 0 saturated carbocycles. The number of nitrogens with zero attached hydrogens (tertiary/aromatic N) is 2. The Hall–Kier alpha value is -3.30. The van der Waals surface area contributed by atoms with Crippen molar-refractivity contribution in [1.82, 2.24) is 15.0 Å². The number of fused-ring (bicyclic) bond motifs is 1. The standard InChI is InChI=1S/C17H17F3N6O/c1-9-7-11(3-4-13(9)23-10(2)27)24-16-25-14-12(5-6-21-14)15(26-16)22-8-17(18,19)20/h3-7H,8H2,1-2H3,(H,23,27)(H3,21,22,24,25,26). The summed E-state index contributed by atoms with van der Waals surface area (Å²) in [4.78, 5) is 22.5. The number of anilines is 4. The molecular formula is C17H17F3N6O. The molecule has 0 aliphatic rings. The van der Waals surface area contributed by atoms with Gasteiger partial charge < -0.3 is 20.9 Å². The first-order valence-corrected chi connectivity index (χ1v) is 8.02. The molecule has 0 saturated heterocycles. The lowest BCUT2D eigenvalue weighted by molar-refractivity contribution is -0.115. The second kappa shape index (κ2) is 7.14. The fourth-order valence-electron chi connectivity index (χ4n) is 2.52. The van der Waals surface area contributed by atoms with Crippen LogP contribution in [0, 0.1) is 6.92 Å². The third-order valence-corrected chi connectivity index (χ3v) is 3.67. The van der Waals surface area contributed by atoms with E-state index in [9.17, 15) is 18.0 Å². The quantitative estimate of drug-likeness (QED) is 0.539. The zero-order chi connectivity index (χ0) is 19.6. The lowest BCUT2D eigenvalue weighted by atomic mass is 10.1. The number of carbonyl (C=O) groups excluding carboxylic acids is 1. The van der Waals surface area contributed by atoms with Gasteiger partial charge in [-0.05, 0) is 36.8 Å². The molecule has 0 fully saturated rings. The second-order valence-electron chi connectivity index (χ2n) is 5.94. The molecule has 7 nitrogen and oxygen atoms in total. The van der Waals surface area contributed by atoms with Crippen LogP contribution >= 0.6 is 0 Å². The van der Waals surface area contributed by atoms with Crippen LogP contribution < -0.4 is 16.0 Å². The summed E-state index contributed by atoms with van der Waals surface area (Å²) in [5.74, 6) is 0.0358. The number of H-pyrrole nitrogens is 1. The number of halogens is 3. The number of nitrogens with one attached hydrogen (secondary N) is 4. The predicted octanol–water partition coefficient (Wildman–Crippen LogP) is 3.94. The van der Waals surface area contributed by atoms with Gasteiger partial charge >= 0.3 is 6.18 Å².